The zero-order valence-electron chi connectivity index (χ0n) is 10.6. The first kappa shape index (κ1) is 12.7. The first-order chi connectivity index (χ1) is 9.74. The number of ether oxygens (including phenoxy) is 1. The van der Waals surface area contributed by atoms with Crippen LogP contribution in [-0.4, -0.2) is 34.1 Å². The average molecular weight is 276 g/mol. The Balaban J connectivity index is 1.61. The van der Waals surface area contributed by atoms with Gasteiger partial charge in [-0.25, -0.2) is 13.9 Å². The van der Waals surface area contributed by atoms with E-state index in [1.807, 2.05) is 0 Å². The molecule has 1 aromatic carbocycles. The number of halogens is 1. The van der Waals surface area contributed by atoms with Gasteiger partial charge in [0.2, 0.25) is 0 Å². The van der Waals surface area contributed by atoms with E-state index in [9.17, 15) is 9.18 Å². The van der Waals surface area contributed by atoms with Gasteiger partial charge in [0, 0.05) is 18.7 Å². The van der Waals surface area contributed by atoms with E-state index in [0.717, 1.165) is 13.1 Å². The quantitative estimate of drug-likeness (QED) is 0.841. The second-order valence-electron chi connectivity index (χ2n) is 4.56. The number of esters is 1. The predicted octanol–water partition coefficient (Wildman–Crippen LogP) is 0.918. The van der Waals surface area contributed by atoms with E-state index in [1.165, 1.54) is 6.07 Å². The Labute approximate surface area is 114 Å². The fourth-order valence-electron chi connectivity index (χ4n) is 1.84. The molecule has 0 saturated carbocycles. The summed E-state index contributed by atoms with van der Waals surface area (Å²) in [4.78, 5) is 11.8. The molecule has 1 aliphatic rings. The van der Waals surface area contributed by atoms with Crippen molar-refractivity contribution < 1.29 is 13.9 Å². The molecule has 0 unspecified atom stereocenters. The SMILES string of the molecule is O=C(OCc1ccccc1F)c1cn(C2CNC2)nn1. The van der Waals surface area contributed by atoms with Crippen molar-refractivity contribution in [1.29, 1.82) is 0 Å². The standard InChI is InChI=1S/C13H13FN4O2/c14-11-4-2-1-3-9(11)8-20-13(19)12-7-18(17-16-12)10-5-15-6-10/h1-4,7,10,15H,5-6,8H2. The number of hydrogen-bond donors (Lipinski definition) is 1. The van der Waals surface area contributed by atoms with E-state index in [-0.39, 0.29) is 18.3 Å². The molecule has 0 aliphatic carbocycles. The number of benzene rings is 1. The maximum absolute atomic E-state index is 13.4. The van der Waals surface area contributed by atoms with Crippen LogP contribution in [0.4, 0.5) is 4.39 Å². The third-order valence-corrected chi connectivity index (χ3v) is 3.17. The minimum atomic E-state index is -0.605. The van der Waals surface area contributed by atoms with E-state index in [2.05, 4.69) is 15.6 Å². The summed E-state index contributed by atoms with van der Waals surface area (Å²) in [6.45, 7) is 1.50. The van der Waals surface area contributed by atoms with Crippen LogP contribution in [0.25, 0.3) is 0 Å². The summed E-state index contributed by atoms with van der Waals surface area (Å²) in [5.74, 6) is -1.00. The van der Waals surface area contributed by atoms with Gasteiger partial charge in [0.25, 0.3) is 0 Å². The minimum Gasteiger partial charge on any atom is -0.456 e. The van der Waals surface area contributed by atoms with Crippen LogP contribution in [0.2, 0.25) is 0 Å². The van der Waals surface area contributed by atoms with Gasteiger partial charge in [0.1, 0.15) is 12.4 Å². The summed E-state index contributed by atoms with van der Waals surface area (Å²) in [6, 6.07) is 6.39. The molecule has 0 spiro atoms. The summed E-state index contributed by atoms with van der Waals surface area (Å²) in [5.41, 5.74) is 0.463. The normalized spacial score (nSPS) is 14.8. The largest absolute Gasteiger partial charge is 0.456 e. The maximum atomic E-state index is 13.4. The lowest BCUT2D eigenvalue weighted by molar-refractivity contribution is 0.0462. The van der Waals surface area contributed by atoms with Crippen molar-refractivity contribution in [3.05, 3.63) is 47.5 Å². The van der Waals surface area contributed by atoms with Gasteiger partial charge in [0.15, 0.2) is 5.69 Å². The van der Waals surface area contributed by atoms with Crippen LogP contribution in [0.5, 0.6) is 0 Å². The smallest absolute Gasteiger partial charge is 0.360 e. The van der Waals surface area contributed by atoms with Crippen LogP contribution in [0.1, 0.15) is 22.1 Å². The number of nitrogens with zero attached hydrogens (tertiary/aromatic N) is 3. The molecule has 2 heterocycles. The van der Waals surface area contributed by atoms with Gasteiger partial charge in [-0.05, 0) is 6.07 Å². The molecule has 7 heteroatoms. The molecule has 1 aliphatic heterocycles. The molecule has 1 aromatic heterocycles. The number of carbonyl (C=O) groups excluding carboxylic acids is 1. The molecule has 1 N–H and O–H groups in total. The molecule has 1 saturated heterocycles. The highest BCUT2D eigenvalue weighted by molar-refractivity contribution is 5.86. The zero-order valence-corrected chi connectivity index (χ0v) is 10.6. The third kappa shape index (κ3) is 2.53. The lowest BCUT2D eigenvalue weighted by atomic mass is 10.2. The fourth-order valence-corrected chi connectivity index (χ4v) is 1.84. The van der Waals surface area contributed by atoms with Crippen LogP contribution < -0.4 is 5.32 Å². The van der Waals surface area contributed by atoms with Crippen molar-refractivity contribution in [1.82, 2.24) is 20.3 Å². The molecule has 20 heavy (non-hydrogen) atoms. The second kappa shape index (κ2) is 5.38. The van der Waals surface area contributed by atoms with E-state index in [4.69, 9.17) is 4.74 Å². The highest BCUT2D eigenvalue weighted by Gasteiger charge is 2.22. The van der Waals surface area contributed by atoms with Gasteiger partial charge < -0.3 is 10.1 Å². The number of carbonyl (C=O) groups is 1. The van der Waals surface area contributed by atoms with Crippen LogP contribution >= 0.6 is 0 Å². The first-order valence-corrected chi connectivity index (χ1v) is 6.27. The van der Waals surface area contributed by atoms with Gasteiger partial charge >= 0.3 is 5.97 Å². The summed E-state index contributed by atoms with van der Waals surface area (Å²) >= 11 is 0. The van der Waals surface area contributed by atoms with Crippen molar-refractivity contribution in [3.63, 3.8) is 0 Å². The Kier molecular flexibility index (Phi) is 3.42. The Bertz CT molecular complexity index is 624. The first-order valence-electron chi connectivity index (χ1n) is 6.27. The lowest BCUT2D eigenvalue weighted by Crippen LogP contribution is -2.43. The van der Waals surface area contributed by atoms with Crippen LogP contribution in [0.3, 0.4) is 0 Å². The van der Waals surface area contributed by atoms with E-state index < -0.39 is 11.8 Å². The van der Waals surface area contributed by atoms with E-state index >= 15 is 0 Å². The van der Waals surface area contributed by atoms with Crippen LogP contribution in [0, 0.1) is 5.82 Å². The Hall–Kier alpha value is -2.28. The van der Waals surface area contributed by atoms with Crippen molar-refractivity contribution in [3.8, 4) is 0 Å². The summed E-state index contributed by atoms with van der Waals surface area (Å²) in [6.07, 6.45) is 1.55. The van der Waals surface area contributed by atoms with Crippen molar-refractivity contribution >= 4 is 5.97 Å². The molecule has 0 bridgehead atoms. The van der Waals surface area contributed by atoms with E-state index in [0.29, 0.717) is 5.56 Å². The van der Waals surface area contributed by atoms with Gasteiger partial charge in [0.05, 0.1) is 12.2 Å². The Morgan fingerprint density at radius 2 is 2.25 bits per heavy atom. The number of nitrogens with one attached hydrogen (secondary N) is 1. The van der Waals surface area contributed by atoms with Crippen LogP contribution in [0.15, 0.2) is 30.5 Å². The summed E-state index contributed by atoms with van der Waals surface area (Å²) < 4.78 is 20.0. The van der Waals surface area contributed by atoms with Crippen molar-refractivity contribution in [2.45, 2.75) is 12.6 Å². The summed E-state index contributed by atoms with van der Waals surface area (Å²) in [7, 11) is 0. The average Bonchev–Trinajstić information content (AvgIpc) is 2.85. The molecule has 3 rings (SSSR count). The summed E-state index contributed by atoms with van der Waals surface area (Å²) in [5, 5.41) is 10.8. The van der Waals surface area contributed by atoms with Crippen molar-refractivity contribution in [2.24, 2.45) is 0 Å². The van der Waals surface area contributed by atoms with Gasteiger partial charge in [-0.1, -0.05) is 23.4 Å². The zero-order chi connectivity index (χ0) is 13.9. The third-order valence-electron chi connectivity index (χ3n) is 3.17. The predicted molar refractivity (Wildman–Crippen MR) is 67.4 cm³/mol. The Morgan fingerprint density at radius 3 is 2.95 bits per heavy atom. The molecule has 1 fully saturated rings. The minimum absolute atomic E-state index is 0.122. The van der Waals surface area contributed by atoms with Gasteiger partial charge in [-0.2, -0.15) is 0 Å². The number of aromatic nitrogens is 3. The molecule has 6 nitrogen and oxygen atoms in total. The second-order valence-corrected chi connectivity index (χ2v) is 4.56. The lowest BCUT2D eigenvalue weighted by Gasteiger charge is -2.26. The molecule has 104 valence electrons. The highest BCUT2D eigenvalue weighted by atomic mass is 19.1. The molecular weight excluding hydrogens is 263 g/mol. The maximum Gasteiger partial charge on any atom is 0.360 e. The number of hydrogen-bond acceptors (Lipinski definition) is 5. The number of rotatable bonds is 4. The molecular formula is C13H13FN4O2. The Morgan fingerprint density at radius 1 is 1.45 bits per heavy atom. The molecule has 0 atom stereocenters. The van der Waals surface area contributed by atoms with Gasteiger partial charge in [-0.3, -0.25) is 0 Å². The molecule has 2 aromatic rings. The topological polar surface area (TPSA) is 69.0 Å². The highest BCUT2D eigenvalue weighted by Crippen LogP contribution is 2.12. The molecule has 0 amide bonds. The van der Waals surface area contributed by atoms with E-state index in [1.54, 1.807) is 29.1 Å². The molecule has 0 radical (unpaired) electrons. The van der Waals surface area contributed by atoms with Crippen LogP contribution in [-0.2, 0) is 11.3 Å². The van der Waals surface area contributed by atoms with Gasteiger partial charge in [-0.15, -0.1) is 5.10 Å². The van der Waals surface area contributed by atoms with Crippen molar-refractivity contribution in [2.75, 3.05) is 13.1 Å². The monoisotopic (exact) mass is 276 g/mol. The fraction of sp³-hybridized carbons (Fsp3) is 0.308.